The topological polar surface area (TPSA) is 9.23 Å². The maximum atomic E-state index is 5.50. The summed E-state index contributed by atoms with van der Waals surface area (Å²) in [4.78, 5) is 1.63. The van der Waals surface area contributed by atoms with Crippen LogP contribution >= 0.6 is 0 Å². The van der Waals surface area contributed by atoms with Crippen molar-refractivity contribution in [1.29, 1.82) is 0 Å². The Morgan fingerprint density at radius 2 is 1.44 bits per heavy atom. The van der Waals surface area contributed by atoms with Gasteiger partial charge in [0.25, 0.3) is 0 Å². The van der Waals surface area contributed by atoms with Gasteiger partial charge in [-0.05, 0) is 36.5 Å². The number of benzene rings is 1. The first-order valence-electron chi connectivity index (χ1n) is 7.20. The monoisotopic (exact) mass is 265 g/mol. The maximum Gasteiger partial charge on any atom is 0.158 e. The molecule has 2 rings (SSSR count). The van der Waals surface area contributed by atoms with Gasteiger partial charge in [0, 0.05) is 16.5 Å². The highest BCUT2D eigenvalue weighted by Gasteiger charge is 2.28. The van der Waals surface area contributed by atoms with Gasteiger partial charge in [0.2, 0.25) is 0 Å². The van der Waals surface area contributed by atoms with Crippen molar-refractivity contribution < 1.29 is 4.74 Å². The maximum absolute atomic E-state index is 5.50. The van der Waals surface area contributed by atoms with Gasteiger partial charge in [0.1, 0.15) is 11.5 Å². The van der Waals surface area contributed by atoms with E-state index in [2.05, 4.69) is 32.9 Å². The summed E-state index contributed by atoms with van der Waals surface area (Å²) in [5, 5.41) is 0. The highest BCUT2D eigenvalue weighted by atomic mass is 32.2. The van der Waals surface area contributed by atoms with Gasteiger partial charge in [-0.3, -0.25) is 0 Å². The van der Waals surface area contributed by atoms with Crippen molar-refractivity contribution in [3.63, 3.8) is 0 Å². The molecule has 1 saturated heterocycles. The van der Waals surface area contributed by atoms with Crippen LogP contribution in [-0.4, -0.2) is 24.7 Å². The van der Waals surface area contributed by atoms with Gasteiger partial charge in [-0.15, -0.1) is 0 Å². The molecule has 1 heterocycles. The van der Waals surface area contributed by atoms with Gasteiger partial charge in [-0.25, -0.2) is 0 Å². The Kier molecular flexibility index (Phi) is 5.13. The second-order valence-corrected chi connectivity index (χ2v) is 7.04. The molecule has 1 aromatic rings. The van der Waals surface area contributed by atoms with Crippen LogP contribution in [0, 0.1) is 0 Å². The van der Waals surface area contributed by atoms with Gasteiger partial charge >= 0.3 is 0 Å². The molecule has 0 bridgehead atoms. The number of ether oxygens (including phenoxy) is 1. The zero-order chi connectivity index (χ0) is 13.0. The van der Waals surface area contributed by atoms with E-state index in [4.69, 9.17) is 4.74 Å². The van der Waals surface area contributed by atoms with Gasteiger partial charge in [-0.1, -0.05) is 26.8 Å². The zero-order valence-corrected chi connectivity index (χ0v) is 12.7. The van der Waals surface area contributed by atoms with E-state index in [1.54, 1.807) is 21.6 Å². The number of hydrogen-bond acceptors (Lipinski definition) is 1. The van der Waals surface area contributed by atoms with Crippen LogP contribution in [0.15, 0.2) is 17.0 Å². The molecular formula is C16H25OS+. The minimum absolute atomic E-state index is 0.433. The molecule has 0 amide bonds. The minimum atomic E-state index is 0.433. The van der Waals surface area contributed by atoms with Crippen LogP contribution in [0.2, 0.25) is 0 Å². The lowest BCUT2D eigenvalue weighted by Gasteiger charge is -2.18. The number of hydrogen-bond donors (Lipinski definition) is 0. The second-order valence-electron chi connectivity index (χ2n) is 4.80. The molecule has 1 aliphatic heterocycles. The van der Waals surface area contributed by atoms with E-state index in [9.17, 15) is 0 Å². The first-order chi connectivity index (χ1) is 8.80. The fraction of sp³-hybridized carbons (Fsp3) is 0.625. The molecular weight excluding hydrogens is 240 g/mol. The molecule has 2 heteroatoms. The van der Waals surface area contributed by atoms with E-state index in [1.165, 1.54) is 11.5 Å². The van der Waals surface area contributed by atoms with Crippen LogP contribution in [0.4, 0.5) is 0 Å². The molecule has 0 aliphatic carbocycles. The van der Waals surface area contributed by atoms with Crippen molar-refractivity contribution in [2.45, 2.75) is 44.9 Å². The lowest BCUT2D eigenvalue weighted by Crippen LogP contribution is -2.27. The normalized spacial score (nSPS) is 17.1. The highest BCUT2D eigenvalue weighted by molar-refractivity contribution is 7.97. The van der Waals surface area contributed by atoms with E-state index in [0.29, 0.717) is 10.9 Å². The fourth-order valence-corrected chi connectivity index (χ4v) is 4.83. The average molecular weight is 265 g/mol. The Bertz CT molecular complexity index is 394. The molecule has 18 heavy (non-hydrogen) atoms. The summed E-state index contributed by atoms with van der Waals surface area (Å²) in [6.07, 6.45) is 3.48. The predicted molar refractivity (Wildman–Crippen MR) is 80.8 cm³/mol. The van der Waals surface area contributed by atoms with E-state index < -0.39 is 0 Å². The zero-order valence-electron chi connectivity index (χ0n) is 11.9. The lowest BCUT2D eigenvalue weighted by molar-refractivity contribution is 0.159. The molecule has 100 valence electrons. The molecule has 0 spiro atoms. The Morgan fingerprint density at radius 3 is 2.00 bits per heavy atom. The minimum Gasteiger partial charge on any atom is -0.372 e. The van der Waals surface area contributed by atoms with Gasteiger partial charge in [-0.2, -0.15) is 0 Å². The average Bonchev–Trinajstić information content (AvgIpc) is 2.46. The fourth-order valence-electron chi connectivity index (χ4n) is 2.66. The van der Waals surface area contributed by atoms with Crippen LogP contribution in [-0.2, 0) is 34.9 Å². The number of aryl methyl sites for hydroxylation is 3. The first-order valence-corrected chi connectivity index (χ1v) is 8.76. The van der Waals surface area contributed by atoms with Crippen molar-refractivity contribution in [3.05, 3.63) is 28.8 Å². The van der Waals surface area contributed by atoms with Crippen LogP contribution in [0.3, 0.4) is 0 Å². The molecule has 0 aromatic heterocycles. The van der Waals surface area contributed by atoms with Gasteiger partial charge in [0.05, 0.1) is 13.2 Å². The Labute approximate surface area is 114 Å². The summed E-state index contributed by atoms with van der Waals surface area (Å²) in [5.74, 6) is 2.45. The summed E-state index contributed by atoms with van der Waals surface area (Å²) < 4.78 is 5.50. The molecule has 0 N–H and O–H groups in total. The molecule has 0 atom stereocenters. The van der Waals surface area contributed by atoms with E-state index >= 15 is 0 Å². The molecule has 1 nitrogen and oxygen atoms in total. The third-order valence-corrected chi connectivity index (χ3v) is 6.11. The third kappa shape index (κ3) is 2.92. The first kappa shape index (κ1) is 14.0. The van der Waals surface area contributed by atoms with Crippen molar-refractivity contribution in [3.8, 4) is 0 Å². The predicted octanol–water partition coefficient (Wildman–Crippen LogP) is 3.38. The summed E-state index contributed by atoms with van der Waals surface area (Å²) >= 11 is 0. The summed E-state index contributed by atoms with van der Waals surface area (Å²) in [5.41, 5.74) is 4.69. The van der Waals surface area contributed by atoms with E-state index in [-0.39, 0.29) is 0 Å². The van der Waals surface area contributed by atoms with Crippen molar-refractivity contribution in [2.75, 3.05) is 24.7 Å². The van der Waals surface area contributed by atoms with Crippen LogP contribution in [0.25, 0.3) is 0 Å². The van der Waals surface area contributed by atoms with Gasteiger partial charge < -0.3 is 4.74 Å². The molecule has 0 radical (unpaired) electrons. The quantitative estimate of drug-likeness (QED) is 0.758. The van der Waals surface area contributed by atoms with E-state index in [0.717, 1.165) is 32.5 Å². The standard InChI is InChI=1S/C16H25OS/c1-4-13-11-15(6-3)16(12-14(13)5-2)18-9-7-17-8-10-18/h11-12H,4-10H2,1-3H3/q+1. The number of rotatable bonds is 4. The lowest BCUT2D eigenvalue weighted by atomic mass is 9.99. The largest absolute Gasteiger partial charge is 0.372 e. The Morgan fingerprint density at radius 1 is 0.889 bits per heavy atom. The van der Waals surface area contributed by atoms with Crippen molar-refractivity contribution in [1.82, 2.24) is 0 Å². The van der Waals surface area contributed by atoms with Crippen LogP contribution in [0.1, 0.15) is 37.5 Å². The highest BCUT2D eigenvalue weighted by Crippen LogP contribution is 2.26. The van der Waals surface area contributed by atoms with Gasteiger partial charge in [0.15, 0.2) is 4.90 Å². The van der Waals surface area contributed by atoms with Crippen molar-refractivity contribution in [2.24, 2.45) is 0 Å². The van der Waals surface area contributed by atoms with Crippen LogP contribution in [0.5, 0.6) is 0 Å². The summed E-state index contributed by atoms with van der Waals surface area (Å²) in [6.45, 7) is 8.72. The van der Waals surface area contributed by atoms with E-state index in [1.807, 2.05) is 0 Å². The van der Waals surface area contributed by atoms with Crippen LogP contribution < -0.4 is 0 Å². The summed E-state index contributed by atoms with van der Waals surface area (Å²) in [6, 6.07) is 4.97. The smallest absolute Gasteiger partial charge is 0.158 e. The Hall–Kier alpha value is -0.470. The van der Waals surface area contributed by atoms with Crippen molar-refractivity contribution >= 4 is 10.9 Å². The second kappa shape index (κ2) is 6.63. The molecule has 0 saturated carbocycles. The molecule has 1 fully saturated rings. The third-order valence-electron chi connectivity index (χ3n) is 3.78. The molecule has 1 aliphatic rings. The Balaban J connectivity index is 2.37. The summed E-state index contributed by atoms with van der Waals surface area (Å²) in [7, 11) is 0.433. The molecule has 0 unspecified atom stereocenters. The SMILES string of the molecule is CCc1cc(CC)c([S+]2CCOCC2)cc1CC. The molecule has 1 aromatic carbocycles.